The molecule has 0 heterocycles. The summed E-state index contributed by atoms with van der Waals surface area (Å²) in [6.45, 7) is 4.02. The normalized spacial score (nSPS) is 26.1. The van der Waals surface area contributed by atoms with Crippen molar-refractivity contribution < 1.29 is 18.7 Å². The number of halogens is 2. The molecule has 1 N–H and O–H groups in total. The van der Waals surface area contributed by atoms with Crippen LogP contribution in [0, 0.1) is 23.0 Å². The highest BCUT2D eigenvalue weighted by atomic mass is 19.1. The molecule has 2 nitrogen and oxygen atoms in total. The Morgan fingerprint density at radius 1 is 1.32 bits per heavy atom. The molecule has 0 radical (unpaired) electrons. The summed E-state index contributed by atoms with van der Waals surface area (Å²) in [5, 5.41) is 9.28. The molecule has 19 heavy (non-hydrogen) atoms. The monoisotopic (exact) mass is 268 g/mol. The van der Waals surface area contributed by atoms with Crippen molar-refractivity contribution in [2.75, 3.05) is 0 Å². The molecular weight excluding hydrogens is 250 g/mol. The first-order chi connectivity index (χ1) is 8.82. The summed E-state index contributed by atoms with van der Waals surface area (Å²) in [7, 11) is 0. The predicted molar refractivity (Wildman–Crippen MR) is 67.9 cm³/mol. The maximum atomic E-state index is 13.9. The number of hydrogen-bond donors (Lipinski definition) is 1. The first kappa shape index (κ1) is 14.0. The van der Waals surface area contributed by atoms with Gasteiger partial charge >= 0.3 is 5.97 Å². The van der Waals surface area contributed by atoms with Crippen LogP contribution < -0.4 is 0 Å². The van der Waals surface area contributed by atoms with Gasteiger partial charge in [0.15, 0.2) is 0 Å². The average molecular weight is 268 g/mol. The van der Waals surface area contributed by atoms with Crippen LogP contribution in [0.25, 0.3) is 0 Å². The minimum absolute atomic E-state index is 0.0670. The highest BCUT2D eigenvalue weighted by Crippen LogP contribution is 2.47. The summed E-state index contributed by atoms with van der Waals surface area (Å²) in [4.78, 5) is 11.3. The molecule has 1 fully saturated rings. The van der Waals surface area contributed by atoms with Gasteiger partial charge in [-0.1, -0.05) is 19.9 Å². The fourth-order valence-corrected chi connectivity index (χ4v) is 3.05. The highest BCUT2D eigenvalue weighted by Gasteiger charge is 2.41. The van der Waals surface area contributed by atoms with Crippen LogP contribution in [0.15, 0.2) is 18.2 Å². The van der Waals surface area contributed by atoms with Gasteiger partial charge in [0.05, 0.1) is 5.92 Å². The van der Waals surface area contributed by atoms with Gasteiger partial charge in [-0.05, 0) is 36.8 Å². The van der Waals surface area contributed by atoms with Crippen LogP contribution in [-0.4, -0.2) is 11.1 Å². The van der Waals surface area contributed by atoms with E-state index < -0.39 is 29.4 Å². The molecular formula is C15H18F2O2. The Bertz CT molecular complexity index is 477. The Morgan fingerprint density at radius 2 is 1.89 bits per heavy atom. The van der Waals surface area contributed by atoms with Gasteiger partial charge in [0.25, 0.3) is 0 Å². The predicted octanol–water partition coefficient (Wildman–Crippen LogP) is 3.96. The molecule has 0 aliphatic heterocycles. The summed E-state index contributed by atoms with van der Waals surface area (Å²) < 4.78 is 27.8. The van der Waals surface area contributed by atoms with Crippen molar-refractivity contribution in [1.82, 2.24) is 0 Å². The van der Waals surface area contributed by atoms with Crippen molar-refractivity contribution >= 4 is 5.97 Å². The van der Waals surface area contributed by atoms with Crippen molar-refractivity contribution in [1.29, 1.82) is 0 Å². The van der Waals surface area contributed by atoms with E-state index in [1.54, 1.807) is 0 Å². The highest BCUT2D eigenvalue weighted by molar-refractivity contribution is 5.71. The van der Waals surface area contributed by atoms with Crippen molar-refractivity contribution in [3.05, 3.63) is 35.4 Å². The Hall–Kier alpha value is -1.45. The number of carboxylic acids is 1. The van der Waals surface area contributed by atoms with E-state index in [4.69, 9.17) is 0 Å². The average Bonchev–Trinajstić information content (AvgIpc) is 2.27. The third-order valence-electron chi connectivity index (χ3n) is 4.08. The van der Waals surface area contributed by atoms with E-state index in [0.29, 0.717) is 12.8 Å². The Morgan fingerprint density at radius 3 is 2.42 bits per heavy atom. The van der Waals surface area contributed by atoms with E-state index in [-0.39, 0.29) is 11.0 Å². The molecule has 0 aromatic heterocycles. The summed E-state index contributed by atoms with van der Waals surface area (Å²) in [6.07, 6.45) is 1.71. The van der Waals surface area contributed by atoms with Crippen LogP contribution in [0.4, 0.5) is 8.78 Å². The molecule has 4 heteroatoms. The molecule has 2 rings (SSSR count). The molecule has 1 aromatic rings. The lowest BCUT2D eigenvalue weighted by Gasteiger charge is -2.39. The summed E-state index contributed by atoms with van der Waals surface area (Å²) in [5.74, 6) is -3.56. The first-order valence-corrected chi connectivity index (χ1v) is 6.48. The number of carbonyl (C=O) groups is 1. The van der Waals surface area contributed by atoms with Gasteiger partial charge in [-0.3, -0.25) is 4.79 Å². The summed E-state index contributed by atoms with van der Waals surface area (Å²) in [5.41, 5.74) is -0.159. The van der Waals surface area contributed by atoms with Gasteiger partial charge in [-0.15, -0.1) is 0 Å². The van der Waals surface area contributed by atoms with Crippen LogP contribution in [0.1, 0.15) is 44.6 Å². The summed E-state index contributed by atoms with van der Waals surface area (Å²) in [6, 6.07) is 3.69. The van der Waals surface area contributed by atoms with Gasteiger partial charge in [-0.25, -0.2) is 8.78 Å². The molecule has 1 aliphatic carbocycles. The zero-order valence-corrected chi connectivity index (χ0v) is 11.1. The van der Waals surface area contributed by atoms with E-state index in [1.807, 2.05) is 13.8 Å². The molecule has 2 unspecified atom stereocenters. The van der Waals surface area contributed by atoms with E-state index in [1.165, 1.54) is 18.2 Å². The Kier molecular flexibility index (Phi) is 3.61. The second kappa shape index (κ2) is 4.91. The van der Waals surface area contributed by atoms with Crippen LogP contribution in [-0.2, 0) is 4.79 Å². The molecule has 1 aliphatic rings. The SMILES string of the molecule is CC1(C)CCC(C(=O)O)C(c2c(F)cccc2F)C1. The van der Waals surface area contributed by atoms with Gasteiger partial charge in [-0.2, -0.15) is 0 Å². The second-order valence-electron chi connectivity index (χ2n) is 6.09. The maximum Gasteiger partial charge on any atom is 0.307 e. The molecule has 104 valence electrons. The van der Waals surface area contributed by atoms with E-state index >= 15 is 0 Å². The standard InChI is InChI=1S/C15H18F2O2/c1-15(2)7-6-9(14(18)19)10(8-15)13-11(16)4-3-5-12(13)17/h3-5,9-10H,6-8H2,1-2H3,(H,18,19). The number of aliphatic carboxylic acids is 1. The van der Waals surface area contributed by atoms with Crippen molar-refractivity contribution in [3.8, 4) is 0 Å². The van der Waals surface area contributed by atoms with E-state index in [2.05, 4.69) is 0 Å². The van der Waals surface area contributed by atoms with Crippen molar-refractivity contribution in [3.63, 3.8) is 0 Å². The Balaban J connectivity index is 2.45. The minimum atomic E-state index is -0.969. The molecule has 0 saturated heterocycles. The lowest BCUT2D eigenvalue weighted by molar-refractivity contribution is -0.144. The van der Waals surface area contributed by atoms with Gasteiger partial charge < -0.3 is 5.11 Å². The second-order valence-corrected chi connectivity index (χ2v) is 6.09. The third-order valence-corrected chi connectivity index (χ3v) is 4.08. The number of hydrogen-bond acceptors (Lipinski definition) is 1. The quantitative estimate of drug-likeness (QED) is 0.881. The van der Waals surface area contributed by atoms with Crippen LogP contribution in [0.2, 0.25) is 0 Å². The maximum absolute atomic E-state index is 13.9. The van der Waals surface area contributed by atoms with Crippen LogP contribution >= 0.6 is 0 Å². The number of rotatable bonds is 2. The third kappa shape index (κ3) is 2.77. The molecule has 1 aromatic carbocycles. The molecule has 2 atom stereocenters. The molecule has 1 saturated carbocycles. The fraction of sp³-hybridized carbons (Fsp3) is 0.533. The number of carboxylic acid groups (broad SMARTS) is 1. The molecule has 0 bridgehead atoms. The van der Waals surface area contributed by atoms with E-state index in [9.17, 15) is 18.7 Å². The summed E-state index contributed by atoms with van der Waals surface area (Å²) >= 11 is 0. The van der Waals surface area contributed by atoms with Crippen molar-refractivity contribution in [2.45, 2.75) is 39.0 Å². The topological polar surface area (TPSA) is 37.3 Å². The smallest absolute Gasteiger partial charge is 0.307 e. The van der Waals surface area contributed by atoms with Gasteiger partial charge in [0, 0.05) is 11.5 Å². The largest absolute Gasteiger partial charge is 0.481 e. The van der Waals surface area contributed by atoms with Crippen LogP contribution in [0.5, 0.6) is 0 Å². The van der Waals surface area contributed by atoms with Gasteiger partial charge in [0.1, 0.15) is 11.6 Å². The zero-order chi connectivity index (χ0) is 14.2. The zero-order valence-electron chi connectivity index (χ0n) is 11.1. The molecule has 0 amide bonds. The molecule has 0 spiro atoms. The van der Waals surface area contributed by atoms with Crippen molar-refractivity contribution in [2.24, 2.45) is 11.3 Å². The van der Waals surface area contributed by atoms with E-state index in [0.717, 1.165) is 6.42 Å². The minimum Gasteiger partial charge on any atom is -0.481 e. The Labute approximate surface area is 111 Å². The number of benzene rings is 1. The lowest BCUT2D eigenvalue weighted by Crippen LogP contribution is -2.33. The lowest BCUT2D eigenvalue weighted by atomic mass is 9.65. The first-order valence-electron chi connectivity index (χ1n) is 6.48. The fourth-order valence-electron chi connectivity index (χ4n) is 3.05. The van der Waals surface area contributed by atoms with Gasteiger partial charge in [0.2, 0.25) is 0 Å². The van der Waals surface area contributed by atoms with Crippen LogP contribution in [0.3, 0.4) is 0 Å².